The maximum atomic E-state index is 13.5. The van der Waals surface area contributed by atoms with Gasteiger partial charge in [0.2, 0.25) is 15.8 Å². The van der Waals surface area contributed by atoms with E-state index in [0.29, 0.717) is 12.5 Å². The lowest BCUT2D eigenvalue weighted by atomic mass is 9.86. The number of hydrogen-bond donors (Lipinski definition) is 0. The van der Waals surface area contributed by atoms with Gasteiger partial charge in [-0.05, 0) is 37.3 Å². The number of halogens is 1. The fraction of sp³-hybridized carbons (Fsp3) is 0.538. The standard InChI is InChI=1S/C13H17FN2O4S/c1-9-6-11(14)12(16(17)18)7-13(9)21(19,20)15(2)8-10-4-3-5-10/h6-7,10H,3-5,8H2,1-2H3. The van der Waals surface area contributed by atoms with Crippen molar-refractivity contribution in [3.63, 3.8) is 0 Å². The molecule has 0 aliphatic heterocycles. The summed E-state index contributed by atoms with van der Waals surface area (Å²) in [6, 6.07) is 1.69. The smallest absolute Gasteiger partial charge is 0.258 e. The molecule has 1 aromatic carbocycles. The Balaban J connectivity index is 2.38. The number of sulfonamides is 1. The summed E-state index contributed by atoms with van der Waals surface area (Å²) in [7, 11) is -2.40. The van der Waals surface area contributed by atoms with Crippen molar-refractivity contribution in [1.29, 1.82) is 0 Å². The second-order valence-corrected chi connectivity index (χ2v) is 7.42. The number of aryl methyl sites for hydroxylation is 1. The molecule has 0 aromatic heterocycles. The summed E-state index contributed by atoms with van der Waals surface area (Å²) in [5.74, 6) is -0.696. The third kappa shape index (κ3) is 3.06. The van der Waals surface area contributed by atoms with Crippen molar-refractivity contribution in [3.05, 3.63) is 33.6 Å². The summed E-state index contributed by atoms with van der Waals surface area (Å²) in [5.41, 5.74) is -0.658. The van der Waals surface area contributed by atoms with Crippen LogP contribution in [-0.4, -0.2) is 31.2 Å². The first kappa shape index (κ1) is 15.8. The normalized spacial score (nSPS) is 16.0. The first-order valence-corrected chi connectivity index (χ1v) is 8.08. The van der Waals surface area contributed by atoms with Crippen molar-refractivity contribution < 1.29 is 17.7 Å². The van der Waals surface area contributed by atoms with Crippen LogP contribution in [0.1, 0.15) is 24.8 Å². The van der Waals surface area contributed by atoms with Crippen LogP contribution in [0.15, 0.2) is 17.0 Å². The zero-order chi connectivity index (χ0) is 15.8. The van der Waals surface area contributed by atoms with Crippen molar-refractivity contribution in [2.75, 3.05) is 13.6 Å². The van der Waals surface area contributed by atoms with E-state index in [1.54, 1.807) is 0 Å². The van der Waals surface area contributed by atoms with Gasteiger partial charge in [-0.2, -0.15) is 4.39 Å². The van der Waals surface area contributed by atoms with Gasteiger partial charge in [0, 0.05) is 19.7 Å². The van der Waals surface area contributed by atoms with E-state index in [1.807, 2.05) is 0 Å². The molecule has 21 heavy (non-hydrogen) atoms. The topological polar surface area (TPSA) is 80.5 Å². The molecule has 116 valence electrons. The molecule has 0 unspecified atom stereocenters. The molecule has 0 atom stereocenters. The van der Waals surface area contributed by atoms with E-state index in [1.165, 1.54) is 18.3 Å². The monoisotopic (exact) mass is 316 g/mol. The second-order valence-electron chi connectivity index (χ2n) is 5.41. The molecule has 0 heterocycles. The molecule has 1 aliphatic rings. The number of hydrogen-bond acceptors (Lipinski definition) is 4. The summed E-state index contributed by atoms with van der Waals surface area (Å²) >= 11 is 0. The van der Waals surface area contributed by atoms with Gasteiger partial charge in [0.15, 0.2) is 0 Å². The van der Waals surface area contributed by atoms with Crippen LogP contribution in [0.2, 0.25) is 0 Å². The van der Waals surface area contributed by atoms with Crippen LogP contribution in [0.5, 0.6) is 0 Å². The first-order valence-electron chi connectivity index (χ1n) is 6.64. The summed E-state index contributed by atoms with van der Waals surface area (Å²) in [6.07, 6.45) is 3.07. The molecule has 0 saturated heterocycles. The van der Waals surface area contributed by atoms with E-state index in [0.717, 1.165) is 31.4 Å². The van der Waals surface area contributed by atoms with E-state index >= 15 is 0 Å². The predicted octanol–water partition coefficient (Wildman–Crippen LogP) is 2.46. The third-order valence-electron chi connectivity index (χ3n) is 3.87. The average Bonchev–Trinajstić information content (AvgIpc) is 2.32. The minimum atomic E-state index is -3.85. The lowest BCUT2D eigenvalue weighted by molar-refractivity contribution is -0.387. The maximum absolute atomic E-state index is 13.5. The van der Waals surface area contributed by atoms with Crippen LogP contribution in [-0.2, 0) is 10.0 Å². The molecule has 0 bridgehead atoms. The average molecular weight is 316 g/mol. The summed E-state index contributed by atoms with van der Waals surface area (Å²) in [4.78, 5) is 9.64. The largest absolute Gasteiger partial charge is 0.306 e. The van der Waals surface area contributed by atoms with Crippen molar-refractivity contribution in [3.8, 4) is 0 Å². The van der Waals surface area contributed by atoms with Gasteiger partial charge in [-0.1, -0.05) is 6.42 Å². The zero-order valence-electron chi connectivity index (χ0n) is 11.9. The summed E-state index contributed by atoms with van der Waals surface area (Å²) in [6.45, 7) is 1.81. The van der Waals surface area contributed by atoms with Crippen LogP contribution >= 0.6 is 0 Å². The Morgan fingerprint density at radius 1 is 1.43 bits per heavy atom. The Hall–Kier alpha value is -1.54. The zero-order valence-corrected chi connectivity index (χ0v) is 12.7. The molecule has 2 rings (SSSR count). The number of rotatable bonds is 5. The van der Waals surface area contributed by atoms with Crippen LogP contribution in [0.25, 0.3) is 0 Å². The second kappa shape index (κ2) is 5.69. The van der Waals surface area contributed by atoms with Crippen LogP contribution < -0.4 is 0 Å². The van der Waals surface area contributed by atoms with Crippen LogP contribution in [0.3, 0.4) is 0 Å². The molecule has 1 saturated carbocycles. The van der Waals surface area contributed by atoms with E-state index in [9.17, 15) is 22.9 Å². The number of nitro groups is 1. The van der Waals surface area contributed by atoms with Gasteiger partial charge in [0.1, 0.15) is 0 Å². The highest BCUT2D eigenvalue weighted by Crippen LogP contribution is 2.31. The molecule has 0 N–H and O–H groups in total. The lowest BCUT2D eigenvalue weighted by Crippen LogP contribution is -2.34. The van der Waals surface area contributed by atoms with Gasteiger partial charge in [-0.3, -0.25) is 10.1 Å². The van der Waals surface area contributed by atoms with Crippen LogP contribution in [0.4, 0.5) is 10.1 Å². The number of nitrogens with zero attached hydrogens (tertiary/aromatic N) is 2. The van der Waals surface area contributed by atoms with Gasteiger partial charge in [-0.25, -0.2) is 12.7 Å². The van der Waals surface area contributed by atoms with Gasteiger partial charge < -0.3 is 0 Å². The molecule has 0 radical (unpaired) electrons. The molecular weight excluding hydrogens is 299 g/mol. The fourth-order valence-electron chi connectivity index (χ4n) is 2.36. The molecule has 0 spiro atoms. The maximum Gasteiger partial charge on any atom is 0.306 e. The minimum Gasteiger partial charge on any atom is -0.258 e. The quantitative estimate of drug-likeness (QED) is 0.617. The highest BCUT2D eigenvalue weighted by Gasteiger charge is 2.30. The Labute approximate surface area is 122 Å². The molecular formula is C13H17FN2O4S. The lowest BCUT2D eigenvalue weighted by Gasteiger charge is -2.29. The summed E-state index contributed by atoms with van der Waals surface area (Å²) < 4.78 is 39.7. The predicted molar refractivity (Wildman–Crippen MR) is 74.9 cm³/mol. The molecule has 0 amide bonds. The molecule has 1 aromatic rings. The van der Waals surface area contributed by atoms with Gasteiger partial charge in [0.25, 0.3) is 0 Å². The minimum absolute atomic E-state index is 0.165. The van der Waals surface area contributed by atoms with E-state index < -0.39 is 26.5 Å². The molecule has 6 nitrogen and oxygen atoms in total. The van der Waals surface area contributed by atoms with Crippen molar-refractivity contribution in [2.45, 2.75) is 31.1 Å². The van der Waals surface area contributed by atoms with E-state index in [2.05, 4.69) is 0 Å². The van der Waals surface area contributed by atoms with E-state index in [-0.39, 0.29) is 10.5 Å². The first-order chi connectivity index (χ1) is 9.73. The van der Waals surface area contributed by atoms with Gasteiger partial charge >= 0.3 is 5.69 Å². The van der Waals surface area contributed by atoms with Gasteiger partial charge in [0.05, 0.1) is 9.82 Å². The fourth-order valence-corrected chi connectivity index (χ4v) is 3.83. The third-order valence-corrected chi connectivity index (χ3v) is 5.83. The molecule has 1 fully saturated rings. The number of nitro benzene ring substituents is 1. The van der Waals surface area contributed by atoms with Crippen molar-refractivity contribution in [1.82, 2.24) is 4.31 Å². The van der Waals surface area contributed by atoms with Crippen LogP contribution in [0, 0.1) is 28.8 Å². The molecule has 8 heteroatoms. The SMILES string of the molecule is Cc1cc(F)c([N+](=O)[O-])cc1S(=O)(=O)N(C)CC1CCC1. The Morgan fingerprint density at radius 3 is 2.52 bits per heavy atom. The molecule has 1 aliphatic carbocycles. The Kier molecular flexibility index (Phi) is 4.29. The highest BCUT2D eigenvalue weighted by molar-refractivity contribution is 7.89. The van der Waals surface area contributed by atoms with Crippen molar-refractivity contribution >= 4 is 15.7 Å². The van der Waals surface area contributed by atoms with Gasteiger partial charge in [-0.15, -0.1) is 0 Å². The van der Waals surface area contributed by atoms with Crippen molar-refractivity contribution in [2.24, 2.45) is 5.92 Å². The summed E-state index contributed by atoms with van der Waals surface area (Å²) in [5, 5.41) is 10.8. The Morgan fingerprint density at radius 2 is 2.05 bits per heavy atom. The van der Waals surface area contributed by atoms with E-state index in [4.69, 9.17) is 0 Å². The number of benzene rings is 1. The highest BCUT2D eigenvalue weighted by atomic mass is 32.2. The Bertz CT molecular complexity index is 671.